The second kappa shape index (κ2) is 7.80. The first-order chi connectivity index (χ1) is 15.0. The molecule has 5 rings (SSSR count). The van der Waals surface area contributed by atoms with E-state index in [1.165, 1.54) is 0 Å². The van der Waals surface area contributed by atoms with Crippen molar-refractivity contribution in [2.24, 2.45) is 7.05 Å². The molecule has 4 nitrogen and oxygen atoms in total. The fraction of sp³-hybridized carbons (Fsp3) is 0.0800. The molecule has 1 aromatic heterocycles. The number of allylic oxidation sites excluding steroid dienone is 1. The van der Waals surface area contributed by atoms with Crippen LogP contribution in [-0.4, -0.2) is 10.4 Å². The molecule has 0 atom stereocenters. The van der Waals surface area contributed by atoms with Gasteiger partial charge in [0.05, 0.1) is 5.56 Å². The Kier molecular flexibility index (Phi) is 4.97. The number of ether oxygens (including phenoxy) is 2. The minimum absolute atomic E-state index is 0.149. The summed E-state index contributed by atoms with van der Waals surface area (Å²) in [6, 6.07) is 18.5. The minimum Gasteiger partial charge on any atom is -0.489 e. The van der Waals surface area contributed by atoms with Crippen LogP contribution in [0, 0.1) is 0 Å². The van der Waals surface area contributed by atoms with Crippen molar-refractivity contribution in [3.05, 3.63) is 99.4 Å². The molecule has 0 bridgehead atoms. The molecule has 1 aliphatic rings. The van der Waals surface area contributed by atoms with Gasteiger partial charge in [0.15, 0.2) is 5.76 Å². The molecule has 0 amide bonds. The highest BCUT2D eigenvalue weighted by molar-refractivity contribution is 6.35. The Morgan fingerprint density at radius 1 is 1.03 bits per heavy atom. The Bertz CT molecular complexity index is 1350. The normalized spacial score (nSPS) is 14.2. The Hall–Kier alpha value is -3.21. The SMILES string of the molecule is Cn1cc(/C=C2\Oc3cc(OCc4c(Cl)cccc4Cl)ccc3C2=O)c2ccccc21. The number of halogens is 2. The molecule has 0 unspecified atom stereocenters. The zero-order valence-corrected chi connectivity index (χ0v) is 18.1. The lowest BCUT2D eigenvalue weighted by Crippen LogP contribution is -1.98. The maximum atomic E-state index is 12.8. The van der Waals surface area contributed by atoms with Crippen LogP contribution in [0.2, 0.25) is 10.0 Å². The van der Waals surface area contributed by atoms with Crippen molar-refractivity contribution in [1.82, 2.24) is 4.57 Å². The van der Waals surface area contributed by atoms with Gasteiger partial charge >= 0.3 is 0 Å². The molecule has 0 N–H and O–H groups in total. The molecule has 0 saturated heterocycles. The van der Waals surface area contributed by atoms with Crippen LogP contribution in [-0.2, 0) is 13.7 Å². The van der Waals surface area contributed by atoms with Gasteiger partial charge in [-0.2, -0.15) is 0 Å². The molecule has 0 spiro atoms. The van der Waals surface area contributed by atoms with Gasteiger partial charge in [-0.05, 0) is 36.4 Å². The topological polar surface area (TPSA) is 40.5 Å². The van der Waals surface area contributed by atoms with E-state index in [0.717, 1.165) is 16.5 Å². The second-order valence-electron chi connectivity index (χ2n) is 7.30. The van der Waals surface area contributed by atoms with Gasteiger partial charge < -0.3 is 14.0 Å². The monoisotopic (exact) mass is 449 g/mol. The number of benzene rings is 3. The summed E-state index contributed by atoms with van der Waals surface area (Å²) in [5, 5.41) is 2.14. The third-order valence-electron chi connectivity index (χ3n) is 5.30. The predicted molar refractivity (Wildman–Crippen MR) is 123 cm³/mol. The van der Waals surface area contributed by atoms with E-state index in [1.54, 1.807) is 42.5 Å². The van der Waals surface area contributed by atoms with Crippen molar-refractivity contribution in [2.75, 3.05) is 0 Å². The van der Waals surface area contributed by atoms with Gasteiger partial charge in [0.1, 0.15) is 18.1 Å². The molecule has 2 heterocycles. The van der Waals surface area contributed by atoms with E-state index in [2.05, 4.69) is 0 Å². The van der Waals surface area contributed by atoms with E-state index in [4.69, 9.17) is 32.7 Å². The Labute approximate surface area is 189 Å². The maximum Gasteiger partial charge on any atom is 0.231 e. The molecular formula is C25H17Cl2NO3. The first kappa shape index (κ1) is 19.7. The fourth-order valence-electron chi connectivity index (χ4n) is 3.71. The molecule has 1 aliphatic heterocycles. The summed E-state index contributed by atoms with van der Waals surface area (Å²) < 4.78 is 13.8. The lowest BCUT2D eigenvalue weighted by Gasteiger charge is -2.10. The average Bonchev–Trinajstić information content (AvgIpc) is 3.24. The summed E-state index contributed by atoms with van der Waals surface area (Å²) in [5.41, 5.74) is 3.24. The van der Waals surface area contributed by atoms with Gasteiger partial charge in [-0.3, -0.25) is 4.79 Å². The molecule has 0 saturated carbocycles. The van der Waals surface area contributed by atoms with Gasteiger partial charge in [-0.15, -0.1) is 0 Å². The molecule has 0 radical (unpaired) electrons. The number of carbonyl (C=O) groups is 1. The number of nitrogens with zero attached hydrogens (tertiary/aromatic N) is 1. The summed E-state index contributed by atoms with van der Waals surface area (Å²) in [5.74, 6) is 1.18. The molecule has 0 fully saturated rings. The van der Waals surface area contributed by atoms with E-state index in [0.29, 0.717) is 32.7 Å². The molecular weight excluding hydrogens is 433 g/mol. The van der Waals surface area contributed by atoms with Gasteiger partial charge in [-0.1, -0.05) is 47.5 Å². The van der Waals surface area contributed by atoms with Crippen LogP contribution in [0.5, 0.6) is 11.5 Å². The Morgan fingerprint density at radius 2 is 1.81 bits per heavy atom. The van der Waals surface area contributed by atoms with Crippen LogP contribution in [0.1, 0.15) is 21.5 Å². The van der Waals surface area contributed by atoms with Crippen LogP contribution in [0.15, 0.2) is 72.6 Å². The zero-order valence-electron chi connectivity index (χ0n) is 16.6. The lowest BCUT2D eigenvalue weighted by molar-refractivity contribution is 0.101. The summed E-state index contributed by atoms with van der Waals surface area (Å²) in [6.45, 7) is 0.212. The van der Waals surface area contributed by atoms with Crippen molar-refractivity contribution in [2.45, 2.75) is 6.61 Å². The number of fused-ring (bicyclic) bond motifs is 2. The van der Waals surface area contributed by atoms with Crippen LogP contribution in [0.25, 0.3) is 17.0 Å². The molecule has 0 aliphatic carbocycles. The summed E-state index contributed by atoms with van der Waals surface area (Å²) >= 11 is 12.4. The smallest absolute Gasteiger partial charge is 0.231 e. The van der Waals surface area contributed by atoms with Gasteiger partial charge in [0.2, 0.25) is 5.78 Å². The van der Waals surface area contributed by atoms with E-state index in [-0.39, 0.29) is 18.1 Å². The largest absolute Gasteiger partial charge is 0.489 e. The third kappa shape index (κ3) is 3.58. The molecule has 6 heteroatoms. The van der Waals surface area contributed by atoms with Crippen LogP contribution < -0.4 is 9.47 Å². The number of aromatic nitrogens is 1. The number of carbonyl (C=O) groups excluding carboxylic acids is 1. The molecule has 3 aromatic carbocycles. The quantitative estimate of drug-likeness (QED) is 0.326. The summed E-state index contributed by atoms with van der Waals surface area (Å²) in [7, 11) is 1.98. The van der Waals surface area contributed by atoms with Crippen molar-refractivity contribution in [3.8, 4) is 11.5 Å². The number of para-hydroxylation sites is 1. The van der Waals surface area contributed by atoms with Crippen molar-refractivity contribution >= 4 is 46.0 Å². The van der Waals surface area contributed by atoms with E-state index < -0.39 is 0 Å². The number of hydrogen-bond donors (Lipinski definition) is 0. The number of rotatable bonds is 4. The van der Waals surface area contributed by atoms with Gasteiger partial charge in [-0.25, -0.2) is 0 Å². The van der Waals surface area contributed by atoms with E-state index >= 15 is 0 Å². The van der Waals surface area contributed by atoms with E-state index in [1.807, 2.05) is 42.1 Å². The van der Waals surface area contributed by atoms with Crippen molar-refractivity contribution in [3.63, 3.8) is 0 Å². The average molecular weight is 450 g/mol. The van der Waals surface area contributed by atoms with Crippen molar-refractivity contribution < 1.29 is 14.3 Å². The van der Waals surface area contributed by atoms with Crippen LogP contribution >= 0.6 is 23.2 Å². The number of hydrogen-bond acceptors (Lipinski definition) is 3. The number of ketones is 1. The number of aryl methyl sites for hydroxylation is 1. The Balaban J connectivity index is 1.40. The number of Topliss-reactive ketones (excluding diaryl/α,β-unsaturated/α-hetero) is 1. The van der Waals surface area contributed by atoms with Crippen molar-refractivity contribution in [1.29, 1.82) is 0 Å². The highest BCUT2D eigenvalue weighted by Crippen LogP contribution is 2.36. The lowest BCUT2D eigenvalue weighted by atomic mass is 10.1. The zero-order chi connectivity index (χ0) is 21.5. The molecule has 4 aromatic rings. The highest BCUT2D eigenvalue weighted by atomic mass is 35.5. The standard InChI is InChI=1S/C25H17Cl2NO3/c1-28-13-15(17-5-2-3-8-22(17)28)11-24-25(29)18-10-9-16(12-23(18)31-24)30-14-19-20(26)6-4-7-21(19)27/h2-13H,14H2,1H3/b24-11-. The molecule has 31 heavy (non-hydrogen) atoms. The van der Waals surface area contributed by atoms with E-state index in [9.17, 15) is 4.79 Å². The first-order valence-corrected chi connectivity index (χ1v) is 10.4. The highest BCUT2D eigenvalue weighted by Gasteiger charge is 2.28. The van der Waals surface area contributed by atoms with Gasteiger partial charge in [0, 0.05) is 51.4 Å². The van der Waals surface area contributed by atoms with Crippen LogP contribution in [0.4, 0.5) is 0 Å². The molecule has 154 valence electrons. The van der Waals surface area contributed by atoms with Crippen LogP contribution in [0.3, 0.4) is 0 Å². The summed E-state index contributed by atoms with van der Waals surface area (Å²) in [6.07, 6.45) is 3.77. The second-order valence-corrected chi connectivity index (χ2v) is 8.11. The maximum absolute atomic E-state index is 12.8. The minimum atomic E-state index is -0.149. The predicted octanol–water partition coefficient (Wildman–Crippen LogP) is 6.68. The Morgan fingerprint density at radius 3 is 2.61 bits per heavy atom. The third-order valence-corrected chi connectivity index (χ3v) is 6.01. The van der Waals surface area contributed by atoms with Gasteiger partial charge in [0.25, 0.3) is 0 Å². The fourth-order valence-corrected chi connectivity index (χ4v) is 4.22. The summed E-state index contributed by atoms with van der Waals surface area (Å²) in [4.78, 5) is 12.8. The first-order valence-electron chi connectivity index (χ1n) is 9.69.